The molecule has 5 heteroatoms. The molecule has 0 bridgehead atoms. The summed E-state index contributed by atoms with van der Waals surface area (Å²) in [6.45, 7) is 8.66. The molecule has 1 aromatic carbocycles. The quantitative estimate of drug-likeness (QED) is 0.849. The highest BCUT2D eigenvalue weighted by Gasteiger charge is 2.14. The number of nitrogens with zero attached hydrogens (tertiary/aromatic N) is 3. The molecular weight excluding hydrogens is 250 g/mol. The number of nitrogens with one attached hydrogen (secondary N) is 2. The van der Waals surface area contributed by atoms with E-state index in [0.717, 1.165) is 6.42 Å². The predicted octanol–water partition coefficient (Wildman–Crippen LogP) is 2.81. The van der Waals surface area contributed by atoms with Gasteiger partial charge in [-0.2, -0.15) is 5.21 Å². The Morgan fingerprint density at radius 1 is 1.05 bits per heavy atom. The molecule has 5 nitrogen and oxygen atoms in total. The lowest BCUT2D eigenvalue weighted by molar-refractivity contribution is 0.476. The Kier molecular flexibility index (Phi) is 4.84. The predicted molar refractivity (Wildman–Crippen MR) is 79.1 cm³/mol. The van der Waals surface area contributed by atoms with E-state index in [4.69, 9.17) is 0 Å². The Hall–Kier alpha value is -1.75. The average molecular weight is 273 g/mol. The summed E-state index contributed by atoms with van der Waals surface area (Å²) in [7, 11) is 0. The van der Waals surface area contributed by atoms with E-state index in [1.807, 2.05) is 6.92 Å². The molecule has 0 spiro atoms. The third kappa shape index (κ3) is 3.87. The van der Waals surface area contributed by atoms with Gasteiger partial charge in [-0.15, -0.1) is 10.2 Å². The van der Waals surface area contributed by atoms with Crippen LogP contribution in [0.5, 0.6) is 0 Å². The van der Waals surface area contributed by atoms with Gasteiger partial charge in [-0.1, -0.05) is 43.3 Å². The first-order valence-corrected chi connectivity index (χ1v) is 7.14. The van der Waals surface area contributed by atoms with Crippen LogP contribution in [0.1, 0.15) is 56.7 Å². The van der Waals surface area contributed by atoms with Crippen LogP contribution < -0.4 is 5.32 Å². The van der Waals surface area contributed by atoms with Crippen molar-refractivity contribution in [3.63, 3.8) is 0 Å². The van der Waals surface area contributed by atoms with Crippen LogP contribution in [0.3, 0.4) is 0 Å². The van der Waals surface area contributed by atoms with Gasteiger partial charge in [-0.05, 0) is 37.3 Å². The van der Waals surface area contributed by atoms with Crippen LogP contribution in [0, 0.1) is 5.92 Å². The number of benzene rings is 1. The SMILES string of the molecule is CC(C)Cc1ccc(C(C)NC(C)c2nn[nH]n2)cc1. The van der Waals surface area contributed by atoms with Gasteiger partial charge < -0.3 is 5.32 Å². The lowest BCUT2D eigenvalue weighted by Crippen LogP contribution is -2.23. The molecule has 2 rings (SSSR count). The molecule has 20 heavy (non-hydrogen) atoms. The second-order valence-corrected chi connectivity index (χ2v) is 5.72. The first-order chi connectivity index (χ1) is 9.56. The second kappa shape index (κ2) is 6.61. The fourth-order valence-corrected chi connectivity index (χ4v) is 2.31. The van der Waals surface area contributed by atoms with Gasteiger partial charge in [0.15, 0.2) is 5.82 Å². The third-order valence-electron chi connectivity index (χ3n) is 3.37. The van der Waals surface area contributed by atoms with Crippen molar-refractivity contribution in [1.82, 2.24) is 25.9 Å². The van der Waals surface area contributed by atoms with Gasteiger partial charge in [0.05, 0.1) is 6.04 Å². The Morgan fingerprint density at radius 2 is 1.75 bits per heavy atom. The molecule has 2 aromatic rings. The van der Waals surface area contributed by atoms with Crippen LogP contribution in [0.25, 0.3) is 0 Å². The molecule has 0 amide bonds. The normalized spacial score (nSPS) is 14.4. The lowest BCUT2D eigenvalue weighted by Gasteiger charge is -2.18. The van der Waals surface area contributed by atoms with Gasteiger partial charge in [0, 0.05) is 6.04 Å². The van der Waals surface area contributed by atoms with E-state index in [1.165, 1.54) is 11.1 Å². The highest BCUT2D eigenvalue weighted by Crippen LogP contribution is 2.18. The van der Waals surface area contributed by atoms with Crippen LogP contribution in [0.4, 0.5) is 0 Å². The number of aromatic amines is 1. The Morgan fingerprint density at radius 3 is 2.30 bits per heavy atom. The van der Waals surface area contributed by atoms with Crippen molar-refractivity contribution in [1.29, 1.82) is 0 Å². The molecule has 108 valence electrons. The highest BCUT2D eigenvalue weighted by atomic mass is 15.5. The molecule has 0 radical (unpaired) electrons. The van der Waals surface area contributed by atoms with Gasteiger partial charge in [0.25, 0.3) is 0 Å². The molecule has 0 aliphatic rings. The van der Waals surface area contributed by atoms with E-state index in [1.54, 1.807) is 0 Å². The molecule has 0 saturated heterocycles. The van der Waals surface area contributed by atoms with Crippen LogP contribution in [0.15, 0.2) is 24.3 Å². The summed E-state index contributed by atoms with van der Waals surface area (Å²) in [6.07, 6.45) is 1.13. The maximum atomic E-state index is 4.00. The molecule has 0 aliphatic heterocycles. The maximum Gasteiger partial charge on any atom is 0.191 e. The summed E-state index contributed by atoms with van der Waals surface area (Å²) in [4.78, 5) is 0. The molecule has 1 heterocycles. The first kappa shape index (κ1) is 14.7. The number of hydrogen-bond acceptors (Lipinski definition) is 4. The van der Waals surface area contributed by atoms with Crippen molar-refractivity contribution in [2.45, 2.75) is 46.2 Å². The van der Waals surface area contributed by atoms with Crippen LogP contribution in [-0.4, -0.2) is 20.6 Å². The molecule has 1 aromatic heterocycles. The number of hydrogen-bond donors (Lipinski definition) is 2. The lowest BCUT2D eigenvalue weighted by atomic mass is 9.99. The number of H-pyrrole nitrogens is 1. The topological polar surface area (TPSA) is 66.5 Å². The van der Waals surface area contributed by atoms with Crippen LogP contribution in [-0.2, 0) is 6.42 Å². The Balaban J connectivity index is 1.97. The van der Waals surface area contributed by atoms with E-state index in [9.17, 15) is 0 Å². The smallest absolute Gasteiger partial charge is 0.191 e. The number of rotatable bonds is 6. The Labute approximate surface area is 120 Å². The van der Waals surface area contributed by atoms with E-state index >= 15 is 0 Å². The minimum absolute atomic E-state index is 0.0686. The molecule has 0 fully saturated rings. The molecule has 2 N–H and O–H groups in total. The van der Waals surface area contributed by atoms with Crippen molar-refractivity contribution >= 4 is 0 Å². The van der Waals surface area contributed by atoms with Crippen molar-refractivity contribution in [2.24, 2.45) is 5.92 Å². The van der Waals surface area contributed by atoms with E-state index < -0.39 is 0 Å². The van der Waals surface area contributed by atoms with E-state index in [-0.39, 0.29) is 12.1 Å². The van der Waals surface area contributed by atoms with Crippen molar-refractivity contribution in [3.05, 3.63) is 41.2 Å². The minimum atomic E-state index is 0.0686. The Bertz CT molecular complexity index is 504. The second-order valence-electron chi connectivity index (χ2n) is 5.72. The largest absolute Gasteiger partial charge is 0.301 e. The zero-order valence-corrected chi connectivity index (χ0v) is 12.6. The maximum absolute atomic E-state index is 4.00. The molecule has 2 atom stereocenters. The zero-order valence-electron chi connectivity index (χ0n) is 12.6. The monoisotopic (exact) mass is 273 g/mol. The molecule has 0 aliphatic carbocycles. The summed E-state index contributed by atoms with van der Waals surface area (Å²) in [5.41, 5.74) is 2.66. The van der Waals surface area contributed by atoms with Crippen LogP contribution in [0.2, 0.25) is 0 Å². The summed E-state index contributed by atoms with van der Waals surface area (Å²) in [5.74, 6) is 1.38. The molecule has 0 saturated carbocycles. The minimum Gasteiger partial charge on any atom is -0.301 e. The summed E-state index contributed by atoms with van der Waals surface area (Å²) in [5, 5.41) is 17.5. The zero-order chi connectivity index (χ0) is 14.5. The number of aromatic nitrogens is 4. The van der Waals surface area contributed by atoms with Crippen molar-refractivity contribution < 1.29 is 0 Å². The number of tetrazole rings is 1. The van der Waals surface area contributed by atoms with Gasteiger partial charge in [0.2, 0.25) is 0 Å². The molecule has 2 unspecified atom stereocenters. The van der Waals surface area contributed by atoms with E-state index in [2.05, 4.69) is 71.0 Å². The van der Waals surface area contributed by atoms with Crippen LogP contribution >= 0.6 is 0 Å². The van der Waals surface area contributed by atoms with E-state index in [0.29, 0.717) is 11.7 Å². The van der Waals surface area contributed by atoms with Crippen molar-refractivity contribution in [2.75, 3.05) is 0 Å². The van der Waals surface area contributed by atoms with Gasteiger partial charge in [-0.25, -0.2) is 0 Å². The van der Waals surface area contributed by atoms with Crippen molar-refractivity contribution in [3.8, 4) is 0 Å². The average Bonchev–Trinajstić information content (AvgIpc) is 2.92. The molecular formula is C15H23N5. The standard InChI is InChI=1S/C15H23N5/c1-10(2)9-13-5-7-14(8-6-13)11(3)16-12(4)15-17-19-20-18-15/h5-8,10-12,16H,9H2,1-4H3,(H,17,18,19,20). The van der Waals surface area contributed by atoms with Gasteiger partial charge in [-0.3, -0.25) is 0 Å². The summed E-state index contributed by atoms with van der Waals surface area (Å²) < 4.78 is 0. The van der Waals surface area contributed by atoms with Gasteiger partial charge >= 0.3 is 0 Å². The fraction of sp³-hybridized carbons (Fsp3) is 0.533. The third-order valence-corrected chi connectivity index (χ3v) is 3.37. The van der Waals surface area contributed by atoms with Gasteiger partial charge in [0.1, 0.15) is 0 Å². The summed E-state index contributed by atoms with van der Waals surface area (Å²) >= 11 is 0. The first-order valence-electron chi connectivity index (χ1n) is 7.14. The highest BCUT2D eigenvalue weighted by molar-refractivity contribution is 5.25. The fourth-order valence-electron chi connectivity index (χ4n) is 2.31. The summed E-state index contributed by atoms with van der Waals surface area (Å²) in [6, 6.07) is 9.13.